The molecule has 0 spiro atoms. The van der Waals surface area contributed by atoms with Gasteiger partial charge in [0.25, 0.3) is 0 Å². The first-order chi connectivity index (χ1) is 26.3. The molecule has 13 nitrogen and oxygen atoms in total. The second-order valence-electron chi connectivity index (χ2n) is 15.5. The molecule has 310 valence electrons. The first-order valence-corrected chi connectivity index (χ1v) is 19.6. The highest BCUT2D eigenvalue weighted by molar-refractivity contribution is 5.65. The Balaban J connectivity index is 1.35. The van der Waals surface area contributed by atoms with Gasteiger partial charge in [-0.05, 0) is 45.2 Å². The molecule has 2 aliphatic rings. The summed E-state index contributed by atoms with van der Waals surface area (Å²) in [5.41, 5.74) is 2.07. The van der Waals surface area contributed by atoms with E-state index in [4.69, 9.17) is 42.6 Å². The Bertz CT molecular complexity index is 1340. The molecular formula is C42H64O13. The Morgan fingerprint density at radius 3 is 1.67 bits per heavy atom. The molecule has 13 heteroatoms. The quantitative estimate of drug-likeness (QED) is 0.0693. The Kier molecular flexibility index (Phi) is 18.9. The third-order valence-electron chi connectivity index (χ3n) is 9.46. The molecule has 4 rings (SSSR count). The number of aliphatic hydroxyl groups is 3. The van der Waals surface area contributed by atoms with E-state index in [1.54, 1.807) is 0 Å². The fourth-order valence-corrected chi connectivity index (χ4v) is 7.28. The molecule has 0 unspecified atom stereocenters. The van der Waals surface area contributed by atoms with Gasteiger partial charge >= 0.3 is 5.97 Å². The van der Waals surface area contributed by atoms with E-state index < -0.39 is 36.5 Å². The topological polar surface area (TPSA) is 161 Å². The van der Waals surface area contributed by atoms with E-state index >= 15 is 0 Å². The van der Waals surface area contributed by atoms with E-state index in [2.05, 4.69) is 0 Å². The number of esters is 1. The van der Waals surface area contributed by atoms with Crippen LogP contribution in [0.15, 0.2) is 60.7 Å². The van der Waals surface area contributed by atoms with Gasteiger partial charge < -0.3 is 58.0 Å². The summed E-state index contributed by atoms with van der Waals surface area (Å²) < 4.78 is 54.8. The average Bonchev–Trinajstić information content (AvgIpc) is 3.11. The summed E-state index contributed by atoms with van der Waals surface area (Å²) in [5.74, 6) is -2.08. The van der Waals surface area contributed by atoms with Crippen LogP contribution < -0.4 is 0 Å². The van der Waals surface area contributed by atoms with Crippen molar-refractivity contribution in [1.29, 1.82) is 0 Å². The van der Waals surface area contributed by atoms with Gasteiger partial charge in [0.2, 0.25) is 0 Å². The molecule has 0 radical (unpaired) electrons. The number of carbonyl (C=O) groups is 1. The molecule has 2 aromatic carbocycles. The van der Waals surface area contributed by atoms with Gasteiger partial charge in [-0.25, -0.2) is 0 Å². The van der Waals surface area contributed by atoms with Gasteiger partial charge in [-0.2, -0.15) is 0 Å². The van der Waals surface area contributed by atoms with Crippen LogP contribution in [0.25, 0.3) is 0 Å². The summed E-state index contributed by atoms with van der Waals surface area (Å²) in [6.45, 7) is 9.68. The minimum Gasteiger partial charge on any atom is -0.466 e. The van der Waals surface area contributed by atoms with Gasteiger partial charge in [0.05, 0.1) is 75.3 Å². The Morgan fingerprint density at radius 1 is 0.709 bits per heavy atom. The van der Waals surface area contributed by atoms with Crippen LogP contribution in [0.2, 0.25) is 0 Å². The van der Waals surface area contributed by atoms with Crippen LogP contribution >= 0.6 is 0 Å². The maximum Gasteiger partial charge on any atom is 0.302 e. The average molecular weight is 777 g/mol. The van der Waals surface area contributed by atoms with Crippen molar-refractivity contribution >= 4 is 5.97 Å². The Morgan fingerprint density at radius 2 is 1.18 bits per heavy atom. The predicted octanol–water partition coefficient (Wildman–Crippen LogP) is 5.54. The van der Waals surface area contributed by atoms with Crippen LogP contribution in [-0.4, -0.2) is 108 Å². The minimum atomic E-state index is -1.02. The summed E-state index contributed by atoms with van der Waals surface area (Å²) in [7, 11) is 0. The number of carbonyl (C=O) groups excluding carboxylic acids is 1. The molecule has 0 saturated carbocycles. The van der Waals surface area contributed by atoms with Crippen molar-refractivity contribution in [3.63, 3.8) is 0 Å². The van der Waals surface area contributed by atoms with Crippen molar-refractivity contribution in [2.45, 2.75) is 160 Å². The second-order valence-corrected chi connectivity index (χ2v) is 15.5. The maximum atomic E-state index is 11.5. The van der Waals surface area contributed by atoms with E-state index in [0.717, 1.165) is 11.1 Å². The smallest absolute Gasteiger partial charge is 0.302 e. The van der Waals surface area contributed by atoms with Crippen LogP contribution in [0.4, 0.5) is 0 Å². The van der Waals surface area contributed by atoms with Crippen LogP contribution in [-0.2, 0) is 60.6 Å². The van der Waals surface area contributed by atoms with Gasteiger partial charge in [0.15, 0.2) is 11.6 Å². The first kappa shape index (κ1) is 45.2. The van der Waals surface area contributed by atoms with Crippen LogP contribution in [0.5, 0.6) is 0 Å². The van der Waals surface area contributed by atoms with Crippen molar-refractivity contribution in [2.24, 2.45) is 0 Å². The molecule has 2 aromatic rings. The SMILES string of the molecule is CC(=O)OCC[C@@H](C[C@H]1C[C@@H](C[C@@H]2C[C@@H](C[C@@H](C[C@@H](O)C[C@@H](O)CO)OCOCc3ccccc3)OC(C)(C)O2)OC(C)(C)O1)OCOCc1ccccc1. The fraction of sp³-hybridized carbons (Fsp3) is 0.690. The van der Waals surface area contributed by atoms with Crippen molar-refractivity contribution in [1.82, 2.24) is 0 Å². The third kappa shape index (κ3) is 18.1. The lowest BCUT2D eigenvalue weighted by atomic mass is 9.93. The number of benzene rings is 2. The summed E-state index contributed by atoms with van der Waals surface area (Å²) in [6.07, 6.45) is 0.0627. The monoisotopic (exact) mass is 776 g/mol. The molecule has 0 amide bonds. The van der Waals surface area contributed by atoms with Crippen LogP contribution in [0, 0.1) is 0 Å². The summed E-state index contributed by atoms with van der Waals surface area (Å²) >= 11 is 0. The molecule has 0 aromatic heterocycles. The molecule has 8 atom stereocenters. The number of rotatable bonds is 24. The molecular weight excluding hydrogens is 712 g/mol. The van der Waals surface area contributed by atoms with E-state index in [9.17, 15) is 20.1 Å². The molecule has 2 saturated heterocycles. The van der Waals surface area contributed by atoms with E-state index in [1.807, 2.05) is 88.4 Å². The van der Waals surface area contributed by atoms with Gasteiger partial charge in [-0.15, -0.1) is 0 Å². The normalized spacial score (nSPS) is 24.4. The maximum absolute atomic E-state index is 11.5. The third-order valence-corrected chi connectivity index (χ3v) is 9.46. The van der Waals surface area contributed by atoms with Gasteiger partial charge in [0, 0.05) is 51.9 Å². The largest absolute Gasteiger partial charge is 0.466 e. The Labute approximate surface area is 326 Å². The zero-order valence-electron chi connectivity index (χ0n) is 33.2. The van der Waals surface area contributed by atoms with Gasteiger partial charge in [-0.1, -0.05) is 60.7 Å². The highest BCUT2D eigenvalue weighted by Gasteiger charge is 2.42. The number of aliphatic hydroxyl groups excluding tert-OH is 3. The predicted molar refractivity (Wildman–Crippen MR) is 202 cm³/mol. The highest BCUT2D eigenvalue weighted by atomic mass is 16.7. The Hall–Kier alpha value is -2.53. The molecule has 0 bridgehead atoms. The van der Waals surface area contributed by atoms with Crippen LogP contribution in [0.3, 0.4) is 0 Å². The summed E-state index contributed by atoms with van der Waals surface area (Å²) in [6, 6.07) is 19.7. The van der Waals surface area contributed by atoms with Crippen molar-refractivity contribution in [3.05, 3.63) is 71.8 Å². The van der Waals surface area contributed by atoms with Crippen molar-refractivity contribution in [3.8, 4) is 0 Å². The molecule has 55 heavy (non-hydrogen) atoms. The van der Waals surface area contributed by atoms with E-state index in [1.165, 1.54) is 6.92 Å². The van der Waals surface area contributed by atoms with Crippen molar-refractivity contribution in [2.75, 3.05) is 26.8 Å². The van der Waals surface area contributed by atoms with E-state index in [-0.39, 0.29) is 69.5 Å². The molecule has 0 aliphatic carbocycles. The lowest BCUT2D eigenvalue weighted by molar-refractivity contribution is -0.328. The van der Waals surface area contributed by atoms with Gasteiger partial charge in [-0.3, -0.25) is 4.79 Å². The second kappa shape index (κ2) is 23.0. The lowest BCUT2D eigenvalue weighted by Gasteiger charge is -2.45. The number of hydrogen-bond donors (Lipinski definition) is 3. The summed E-state index contributed by atoms with van der Waals surface area (Å²) in [4.78, 5) is 11.5. The number of ether oxygens (including phenoxy) is 9. The lowest BCUT2D eigenvalue weighted by Crippen LogP contribution is -2.50. The summed E-state index contributed by atoms with van der Waals surface area (Å²) in [5, 5.41) is 30.0. The standard InChI is InChI=1S/C42H64O13/c1-30(44)49-17-16-35(50-28-47-26-31-12-8-6-9-13-31)20-37-22-39(54-41(2,3)52-37)24-40-23-38(53-42(4,5)55-40)21-36(19-33(45)18-34(46)25-43)51-29-48-27-32-14-10-7-11-15-32/h6-15,33-40,43,45-46H,16-29H2,1-5H3/t33-,34+,35-,36+,37-,38+,39-,40-/m0/s1. The highest BCUT2D eigenvalue weighted by Crippen LogP contribution is 2.37. The molecule has 2 aliphatic heterocycles. The van der Waals surface area contributed by atoms with Crippen molar-refractivity contribution < 1.29 is 62.7 Å². The minimum absolute atomic E-state index is 0.0159. The first-order valence-electron chi connectivity index (χ1n) is 19.6. The number of hydrogen-bond acceptors (Lipinski definition) is 13. The fourth-order valence-electron chi connectivity index (χ4n) is 7.28. The molecule has 2 fully saturated rings. The zero-order valence-corrected chi connectivity index (χ0v) is 33.2. The molecule has 3 N–H and O–H groups in total. The van der Waals surface area contributed by atoms with Gasteiger partial charge in [0.1, 0.15) is 13.6 Å². The zero-order chi connectivity index (χ0) is 39.7. The van der Waals surface area contributed by atoms with Crippen LogP contribution in [0.1, 0.15) is 97.1 Å². The van der Waals surface area contributed by atoms with E-state index in [0.29, 0.717) is 51.7 Å². The molecule has 2 heterocycles.